The molecule has 0 unspecified atom stereocenters. The van der Waals surface area contributed by atoms with Gasteiger partial charge in [-0.25, -0.2) is 0 Å². The summed E-state index contributed by atoms with van der Waals surface area (Å²) in [5.41, 5.74) is 2.70. The lowest BCUT2D eigenvalue weighted by atomic mass is 10.0. The molecule has 3 rings (SSSR count). The summed E-state index contributed by atoms with van der Waals surface area (Å²) in [6.07, 6.45) is 1.92. The smallest absolute Gasteiger partial charge is 0.0998 e. The van der Waals surface area contributed by atoms with Crippen molar-refractivity contribution < 1.29 is 0 Å². The largest absolute Gasteiger partial charge is 0.379 e. The van der Waals surface area contributed by atoms with Crippen LogP contribution in [0.4, 0.5) is 5.69 Å². The van der Waals surface area contributed by atoms with Crippen LogP contribution in [-0.2, 0) is 13.6 Å². The maximum atomic E-state index is 9.15. The molecule has 0 saturated carbocycles. The van der Waals surface area contributed by atoms with Gasteiger partial charge in [-0.1, -0.05) is 24.3 Å². The topological polar surface area (TPSA) is 53.6 Å². The second kappa shape index (κ2) is 5.06. The molecule has 20 heavy (non-hydrogen) atoms. The van der Waals surface area contributed by atoms with Crippen LogP contribution >= 0.6 is 0 Å². The number of aryl methyl sites for hydroxylation is 1. The van der Waals surface area contributed by atoms with Gasteiger partial charge < -0.3 is 5.32 Å². The molecule has 0 aliphatic carbocycles. The molecule has 0 aliphatic heterocycles. The van der Waals surface area contributed by atoms with Gasteiger partial charge in [0, 0.05) is 29.7 Å². The van der Waals surface area contributed by atoms with Crippen LogP contribution in [0.1, 0.15) is 11.3 Å². The van der Waals surface area contributed by atoms with Crippen LogP contribution in [0.25, 0.3) is 10.8 Å². The van der Waals surface area contributed by atoms with Gasteiger partial charge >= 0.3 is 0 Å². The van der Waals surface area contributed by atoms with E-state index in [9.17, 15) is 0 Å². The molecule has 0 amide bonds. The molecule has 0 bridgehead atoms. The van der Waals surface area contributed by atoms with E-state index < -0.39 is 0 Å². The molecule has 3 aromatic rings. The number of nitriles is 1. The molecule has 0 spiro atoms. The molecule has 0 fully saturated rings. The lowest BCUT2D eigenvalue weighted by Gasteiger charge is -2.09. The van der Waals surface area contributed by atoms with E-state index in [1.807, 2.05) is 55.7 Å². The number of rotatable bonds is 3. The molecular formula is C16H14N4. The van der Waals surface area contributed by atoms with Gasteiger partial charge in [0.15, 0.2) is 0 Å². The van der Waals surface area contributed by atoms with E-state index in [0.717, 1.165) is 22.2 Å². The number of aromatic nitrogens is 2. The Balaban J connectivity index is 1.94. The lowest BCUT2D eigenvalue weighted by molar-refractivity contribution is 0.747. The summed E-state index contributed by atoms with van der Waals surface area (Å²) in [7, 11) is 1.90. The van der Waals surface area contributed by atoms with E-state index in [-0.39, 0.29) is 0 Å². The fourth-order valence-electron chi connectivity index (χ4n) is 2.29. The molecule has 0 atom stereocenters. The van der Waals surface area contributed by atoms with Gasteiger partial charge in [-0.05, 0) is 18.2 Å². The van der Waals surface area contributed by atoms with Gasteiger partial charge in [-0.15, -0.1) is 0 Å². The van der Waals surface area contributed by atoms with Crippen molar-refractivity contribution in [2.75, 3.05) is 5.32 Å². The molecule has 4 heteroatoms. The predicted molar refractivity (Wildman–Crippen MR) is 79.2 cm³/mol. The van der Waals surface area contributed by atoms with E-state index in [4.69, 9.17) is 5.26 Å². The lowest BCUT2D eigenvalue weighted by Crippen LogP contribution is -2.02. The zero-order valence-electron chi connectivity index (χ0n) is 11.2. The monoisotopic (exact) mass is 262 g/mol. The van der Waals surface area contributed by atoms with Crippen LogP contribution in [0.2, 0.25) is 0 Å². The second-order valence-electron chi connectivity index (χ2n) is 4.65. The third-order valence-corrected chi connectivity index (χ3v) is 3.27. The van der Waals surface area contributed by atoms with Crippen LogP contribution in [0.3, 0.4) is 0 Å². The van der Waals surface area contributed by atoms with Crippen LogP contribution in [0.5, 0.6) is 0 Å². The van der Waals surface area contributed by atoms with E-state index in [1.165, 1.54) is 0 Å². The average molecular weight is 262 g/mol. The minimum Gasteiger partial charge on any atom is -0.379 e. The number of nitrogens with one attached hydrogen (secondary N) is 1. The highest BCUT2D eigenvalue weighted by Crippen LogP contribution is 2.26. The van der Waals surface area contributed by atoms with Crippen LogP contribution < -0.4 is 5.32 Å². The number of benzene rings is 2. The zero-order chi connectivity index (χ0) is 13.9. The van der Waals surface area contributed by atoms with Gasteiger partial charge in [-0.2, -0.15) is 10.4 Å². The molecule has 4 nitrogen and oxygen atoms in total. The quantitative estimate of drug-likeness (QED) is 0.789. The van der Waals surface area contributed by atoms with Crippen molar-refractivity contribution in [3.05, 3.63) is 59.9 Å². The Morgan fingerprint density at radius 3 is 2.65 bits per heavy atom. The zero-order valence-corrected chi connectivity index (χ0v) is 11.2. The summed E-state index contributed by atoms with van der Waals surface area (Å²) in [5.74, 6) is 0. The first-order valence-electron chi connectivity index (χ1n) is 6.42. The van der Waals surface area contributed by atoms with Crippen molar-refractivity contribution in [2.24, 2.45) is 7.05 Å². The van der Waals surface area contributed by atoms with Gasteiger partial charge in [0.05, 0.1) is 23.9 Å². The number of nitrogens with zero attached hydrogens (tertiary/aromatic N) is 3. The molecule has 98 valence electrons. The van der Waals surface area contributed by atoms with Crippen molar-refractivity contribution >= 4 is 16.5 Å². The Hall–Kier alpha value is -2.80. The molecular weight excluding hydrogens is 248 g/mol. The van der Waals surface area contributed by atoms with Gasteiger partial charge in [-0.3, -0.25) is 4.68 Å². The fourth-order valence-corrected chi connectivity index (χ4v) is 2.29. The van der Waals surface area contributed by atoms with Crippen molar-refractivity contribution in [3.8, 4) is 6.07 Å². The summed E-state index contributed by atoms with van der Waals surface area (Å²) in [6, 6.07) is 15.9. The number of hydrogen-bond acceptors (Lipinski definition) is 3. The molecule has 1 aromatic heterocycles. The highest BCUT2D eigenvalue weighted by Gasteiger charge is 2.05. The first kappa shape index (κ1) is 12.2. The van der Waals surface area contributed by atoms with Crippen LogP contribution in [0.15, 0.2) is 48.7 Å². The fraction of sp³-hybridized carbons (Fsp3) is 0.125. The molecule has 0 saturated heterocycles. The van der Waals surface area contributed by atoms with E-state index >= 15 is 0 Å². The third-order valence-electron chi connectivity index (χ3n) is 3.27. The highest BCUT2D eigenvalue weighted by molar-refractivity contribution is 5.97. The number of anilines is 1. The summed E-state index contributed by atoms with van der Waals surface area (Å²) < 4.78 is 1.79. The van der Waals surface area contributed by atoms with Crippen molar-refractivity contribution in [1.29, 1.82) is 5.26 Å². The summed E-state index contributed by atoms with van der Waals surface area (Å²) in [6.45, 7) is 0.663. The Morgan fingerprint density at radius 1 is 1.15 bits per heavy atom. The Morgan fingerprint density at radius 2 is 1.95 bits per heavy atom. The molecule has 2 aromatic carbocycles. The molecule has 0 radical (unpaired) electrons. The first-order chi connectivity index (χ1) is 9.78. The maximum absolute atomic E-state index is 9.15. The minimum absolute atomic E-state index is 0.663. The Kier molecular flexibility index (Phi) is 3.10. The van der Waals surface area contributed by atoms with Crippen molar-refractivity contribution in [1.82, 2.24) is 9.78 Å². The third kappa shape index (κ3) is 2.21. The second-order valence-corrected chi connectivity index (χ2v) is 4.65. The van der Waals surface area contributed by atoms with E-state index in [1.54, 1.807) is 4.68 Å². The first-order valence-corrected chi connectivity index (χ1v) is 6.42. The van der Waals surface area contributed by atoms with E-state index in [0.29, 0.717) is 12.1 Å². The summed E-state index contributed by atoms with van der Waals surface area (Å²) in [5, 5.41) is 18.9. The van der Waals surface area contributed by atoms with Crippen molar-refractivity contribution in [2.45, 2.75) is 6.54 Å². The SMILES string of the molecule is Cn1ccc(CNc2ccc(C#N)c3ccccc23)n1. The predicted octanol–water partition coefficient (Wildman–Crippen LogP) is 3.06. The number of fused-ring (bicyclic) bond motifs is 1. The summed E-state index contributed by atoms with van der Waals surface area (Å²) >= 11 is 0. The average Bonchev–Trinajstić information content (AvgIpc) is 2.90. The Bertz CT molecular complexity index is 796. The van der Waals surface area contributed by atoms with Crippen LogP contribution in [0, 0.1) is 11.3 Å². The standard InChI is InChI=1S/C16H14N4/c1-20-9-8-13(19-20)11-18-16-7-6-12(10-17)14-4-2-3-5-15(14)16/h2-9,18H,11H2,1H3. The van der Waals surface area contributed by atoms with Crippen LogP contribution in [-0.4, -0.2) is 9.78 Å². The molecule has 0 aliphatic rings. The molecule has 1 N–H and O–H groups in total. The van der Waals surface area contributed by atoms with Gasteiger partial charge in [0.1, 0.15) is 0 Å². The van der Waals surface area contributed by atoms with Crippen molar-refractivity contribution in [3.63, 3.8) is 0 Å². The number of hydrogen-bond donors (Lipinski definition) is 1. The molecule has 1 heterocycles. The maximum Gasteiger partial charge on any atom is 0.0998 e. The highest BCUT2D eigenvalue weighted by atomic mass is 15.3. The normalized spacial score (nSPS) is 10.4. The van der Waals surface area contributed by atoms with E-state index in [2.05, 4.69) is 16.5 Å². The van der Waals surface area contributed by atoms with Gasteiger partial charge in [0.25, 0.3) is 0 Å². The summed E-state index contributed by atoms with van der Waals surface area (Å²) in [4.78, 5) is 0. The Labute approximate surface area is 117 Å². The minimum atomic E-state index is 0.663. The van der Waals surface area contributed by atoms with Gasteiger partial charge in [0.2, 0.25) is 0 Å².